The highest BCUT2D eigenvalue weighted by molar-refractivity contribution is 6.30. The van der Waals surface area contributed by atoms with Crippen LogP contribution in [-0.4, -0.2) is 28.6 Å². The Bertz CT molecular complexity index is 1250. The monoisotopic (exact) mass is 461 g/mol. The number of hydrogen-bond acceptors (Lipinski definition) is 3. The molecular formula is C27H28ClN3O2. The molecule has 1 amide bonds. The van der Waals surface area contributed by atoms with Crippen molar-refractivity contribution in [3.63, 3.8) is 0 Å². The van der Waals surface area contributed by atoms with Crippen molar-refractivity contribution in [1.29, 1.82) is 0 Å². The van der Waals surface area contributed by atoms with E-state index in [0.29, 0.717) is 30.3 Å². The number of ether oxygens (including phenoxy) is 1. The van der Waals surface area contributed by atoms with Gasteiger partial charge in [-0.15, -0.1) is 0 Å². The lowest BCUT2D eigenvalue weighted by atomic mass is 10.1. The predicted molar refractivity (Wildman–Crippen MR) is 133 cm³/mol. The number of hydrogen-bond donors (Lipinski definition) is 1. The fourth-order valence-electron chi connectivity index (χ4n) is 4.02. The molecule has 0 saturated carbocycles. The molecule has 33 heavy (non-hydrogen) atoms. The summed E-state index contributed by atoms with van der Waals surface area (Å²) >= 11 is 5.98. The fraction of sp³-hybridized carbons (Fsp3) is 0.259. The van der Waals surface area contributed by atoms with Crippen LogP contribution in [0, 0.1) is 13.8 Å². The highest BCUT2D eigenvalue weighted by Gasteiger charge is 2.11. The Hall–Kier alpha value is -3.31. The predicted octanol–water partition coefficient (Wildman–Crippen LogP) is 5.75. The maximum Gasteiger partial charge on any atom is 0.251 e. The van der Waals surface area contributed by atoms with Gasteiger partial charge in [-0.25, -0.2) is 4.98 Å². The quantitative estimate of drug-likeness (QED) is 0.323. The first-order valence-electron chi connectivity index (χ1n) is 11.2. The van der Waals surface area contributed by atoms with Crippen LogP contribution in [0.4, 0.5) is 0 Å². The van der Waals surface area contributed by atoms with E-state index in [2.05, 4.69) is 48.0 Å². The van der Waals surface area contributed by atoms with Crippen LogP contribution in [0.1, 0.15) is 33.7 Å². The molecule has 0 saturated heterocycles. The van der Waals surface area contributed by atoms with E-state index in [4.69, 9.17) is 21.3 Å². The van der Waals surface area contributed by atoms with Crippen molar-refractivity contribution in [2.24, 2.45) is 0 Å². The van der Waals surface area contributed by atoms with E-state index < -0.39 is 0 Å². The first-order chi connectivity index (χ1) is 16.0. The number of para-hydroxylation sites is 2. The Kier molecular flexibility index (Phi) is 7.30. The van der Waals surface area contributed by atoms with Crippen LogP contribution in [0.15, 0.2) is 66.7 Å². The number of aromatic nitrogens is 2. The van der Waals surface area contributed by atoms with Gasteiger partial charge in [-0.3, -0.25) is 4.79 Å². The number of fused-ring (bicyclic) bond motifs is 1. The van der Waals surface area contributed by atoms with Crippen LogP contribution < -0.4 is 10.1 Å². The highest BCUT2D eigenvalue weighted by atomic mass is 35.5. The number of amides is 1. The zero-order valence-corrected chi connectivity index (χ0v) is 19.7. The molecule has 0 radical (unpaired) electrons. The van der Waals surface area contributed by atoms with Gasteiger partial charge >= 0.3 is 0 Å². The number of imidazole rings is 1. The summed E-state index contributed by atoms with van der Waals surface area (Å²) in [6.07, 6.45) is 1.54. The third-order valence-electron chi connectivity index (χ3n) is 5.46. The Morgan fingerprint density at radius 1 is 1.03 bits per heavy atom. The lowest BCUT2D eigenvalue weighted by Gasteiger charge is -2.12. The first kappa shape index (κ1) is 22.9. The summed E-state index contributed by atoms with van der Waals surface area (Å²) in [5.74, 6) is 1.77. The Morgan fingerprint density at radius 3 is 2.61 bits per heavy atom. The summed E-state index contributed by atoms with van der Waals surface area (Å²) in [6.45, 7) is 5.98. The topological polar surface area (TPSA) is 56.1 Å². The van der Waals surface area contributed by atoms with Crippen molar-refractivity contribution in [3.05, 3.63) is 94.3 Å². The fourth-order valence-corrected chi connectivity index (χ4v) is 4.21. The minimum Gasteiger partial charge on any atom is -0.492 e. The number of benzene rings is 3. The van der Waals surface area contributed by atoms with Crippen molar-refractivity contribution in [2.75, 3.05) is 13.2 Å². The van der Waals surface area contributed by atoms with E-state index >= 15 is 0 Å². The maximum absolute atomic E-state index is 12.3. The minimum absolute atomic E-state index is 0.118. The molecule has 0 aliphatic rings. The number of halogens is 1. The second kappa shape index (κ2) is 10.5. The lowest BCUT2D eigenvalue weighted by molar-refractivity contribution is 0.0953. The van der Waals surface area contributed by atoms with Crippen LogP contribution in [0.25, 0.3) is 11.0 Å². The van der Waals surface area contributed by atoms with Crippen molar-refractivity contribution < 1.29 is 9.53 Å². The van der Waals surface area contributed by atoms with Gasteiger partial charge in [0.05, 0.1) is 17.6 Å². The molecule has 3 aromatic carbocycles. The number of nitrogens with zero attached hydrogens (tertiary/aromatic N) is 2. The van der Waals surface area contributed by atoms with Crippen LogP contribution in [-0.2, 0) is 13.0 Å². The summed E-state index contributed by atoms with van der Waals surface area (Å²) in [4.78, 5) is 17.2. The average molecular weight is 462 g/mol. The molecule has 0 fully saturated rings. The second-order valence-electron chi connectivity index (χ2n) is 8.21. The third-order valence-corrected chi connectivity index (χ3v) is 5.70. The minimum atomic E-state index is -0.118. The van der Waals surface area contributed by atoms with Gasteiger partial charge in [0.15, 0.2) is 0 Å². The molecule has 0 aliphatic heterocycles. The van der Waals surface area contributed by atoms with E-state index in [1.807, 2.05) is 18.2 Å². The summed E-state index contributed by atoms with van der Waals surface area (Å²) < 4.78 is 8.26. The number of nitrogens with one attached hydrogen (secondary N) is 1. The van der Waals surface area contributed by atoms with Crippen molar-refractivity contribution in [1.82, 2.24) is 14.9 Å². The van der Waals surface area contributed by atoms with E-state index in [9.17, 15) is 4.79 Å². The molecule has 5 nitrogen and oxygen atoms in total. The maximum atomic E-state index is 12.3. The molecule has 1 N–H and O–H groups in total. The number of carbonyl (C=O) groups is 1. The Balaban J connectivity index is 1.38. The van der Waals surface area contributed by atoms with Crippen molar-refractivity contribution in [3.8, 4) is 5.75 Å². The van der Waals surface area contributed by atoms with E-state index in [0.717, 1.165) is 35.4 Å². The molecule has 4 aromatic rings. The zero-order valence-electron chi connectivity index (χ0n) is 19.0. The van der Waals surface area contributed by atoms with Crippen LogP contribution in [0.3, 0.4) is 0 Å². The summed E-state index contributed by atoms with van der Waals surface area (Å²) in [7, 11) is 0. The number of carbonyl (C=O) groups excluding carboxylic acids is 1. The third kappa shape index (κ3) is 5.93. The molecule has 0 aliphatic carbocycles. The molecule has 0 spiro atoms. The lowest BCUT2D eigenvalue weighted by Crippen LogP contribution is -2.25. The van der Waals surface area contributed by atoms with Gasteiger partial charge in [-0.2, -0.15) is 0 Å². The molecular weight excluding hydrogens is 434 g/mol. The van der Waals surface area contributed by atoms with E-state index in [1.165, 1.54) is 11.1 Å². The molecule has 0 unspecified atom stereocenters. The smallest absolute Gasteiger partial charge is 0.251 e. The summed E-state index contributed by atoms with van der Waals surface area (Å²) in [5.41, 5.74) is 5.02. The van der Waals surface area contributed by atoms with E-state index in [1.54, 1.807) is 24.3 Å². The van der Waals surface area contributed by atoms with Crippen LogP contribution in [0.5, 0.6) is 5.75 Å². The standard InChI is InChI=1S/C27H28ClN3O2/c1-19-15-20(2)17-23(16-19)33-14-13-31-25-10-4-3-9-24(25)30-26(31)11-6-12-29-27(32)21-7-5-8-22(28)18-21/h3-5,7-10,15-18H,6,11-14H2,1-2H3,(H,29,32). The number of rotatable bonds is 9. The largest absolute Gasteiger partial charge is 0.492 e. The van der Waals surface area contributed by atoms with E-state index in [-0.39, 0.29) is 5.91 Å². The molecule has 170 valence electrons. The van der Waals surface area contributed by atoms with Gasteiger partial charge < -0.3 is 14.6 Å². The molecule has 0 bridgehead atoms. The van der Waals surface area contributed by atoms with Crippen LogP contribution in [0.2, 0.25) is 5.02 Å². The van der Waals surface area contributed by atoms with Gasteiger partial charge in [-0.1, -0.05) is 35.9 Å². The average Bonchev–Trinajstić information content (AvgIpc) is 3.13. The first-order valence-corrected chi connectivity index (χ1v) is 11.6. The summed E-state index contributed by atoms with van der Waals surface area (Å²) in [6, 6.07) is 21.4. The van der Waals surface area contributed by atoms with Gasteiger partial charge in [0.1, 0.15) is 18.2 Å². The van der Waals surface area contributed by atoms with Crippen LogP contribution >= 0.6 is 11.6 Å². The zero-order chi connectivity index (χ0) is 23.2. The molecule has 1 heterocycles. The molecule has 6 heteroatoms. The summed E-state index contributed by atoms with van der Waals surface area (Å²) in [5, 5.41) is 3.52. The molecule has 0 atom stereocenters. The van der Waals surface area contributed by atoms with Gasteiger partial charge in [0.25, 0.3) is 5.91 Å². The normalized spacial score (nSPS) is 11.0. The molecule has 1 aromatic heterocycles. The molecule has 4 rings (SSSR count). The SMILES string of the molecule is Cc1cc(C)cc(OCCn2c(CCCNC(=O)c3cccc(Cl)c3)nc3ccccc32)c1. The second-order valence-corrected chi connectivity index (χ2v) is 8.65. The van der Waals surface area contributed by atoms with Gasteiger partial charge in [-0.05, 0) is 73.9 Å². The van der Waals surface area contributed by atoms with Crippen molar-refractivity contribution in [2.45, 2.75) is 33.2 Å². The number of aryl methyl sites for hydroxylation is 3. The Labute approximate surface area is 199 Å². The van der Waals surface area contributed by atoms with Gasteiger partial charge in [0.2, 0.25) is 0 Å². The highest BCUT2D eigenvalue weighted by Crippen LogP contribution is 2.19. The van der Waals surface area contributed by atoms with Gasteiger partial charge in [0, 0.05) is 23.6 Å². The van der Waals surface area contributed by atoms with Crippen molar-refractivity contribution >= 4 is 28.5 Å². The Morgan fingerprint density at radius 2 is 1.82 bits per heavy atom.